The summed E-state index contributed by atoms with van der Waals surface area (Å²) < 4.78 is 13.2. The van der Waals surface area contributed by atoms with E-state index in [9.17, 15) is 4.39 Å². The van der Waals surface area contributed by atoms with Crippen LogP contribution < -0.4 is 0 Å². The highest BCUT2D eigenvalue weighted by molar-refractivity contribution is 6.00. The van der Waals surface area contributed by atoms with Crippen LogP contribution in [0.5, 0.6) is 0 Å². The fourth-order valence-electron chi connectivity index (χ4n) is 2.11. The standard InChI is InChI=1S/C13H11FN4/c14-10-4-3-9-7-18(13(15)12(9)6-10)8-11-2-1-5-16-17-11/h1-6,15H,7-8H2. The van der Waals surface area contributed by atoms with E-state index in [4.69, 9.17) is 5.41 Å². The second kappa shape index (κ2) is 4.18. The average molecular weight is 242 g/mol. The highest BCUT2D eigenvalue weighted by atomic mass is 19.1. The molecule has 5 heteroatoms. The predicted octanol–water partition coefficient (Wildman–Crippen LogP) is 1.96. The first-order valence-electron chi connectivity index (χ1n) is 5.63. The van der Waals surface area contributed by atoms with Crippen molar-refractivity contribution in [1.82, 2.24) is 15.1 Å². The van der Waals surface area contributed by atoms with Gasteiger partial charge in [0.2, 0.25) is 0 Å². The van der Waals surface area contributed by atoms with Crippen LogP contribution in [0.4, 0.5) is 4.39 Å². The number of nitrogens with zero attached hydrogens (tertiary/aromatic N) is 3. The number of hydrogen-bond donors (Lipinski definition) is 1. The summed E-state index contributed by atoms with van der Waals surface area (Å²) in [4.78, 5) is 1.86. The van der Waals surface area contributed by atoms with Gasteiger partial charge in [0, 0.05) is 18.3 Å². The van der Waals surface area contributed by atoms with Crippen molar-refractivity contribution in [3.8, 4) is 0 Å². The molecule has 90 valence electrons. The Morgan fingerprint density at radius 2 is 2.22 bits per heavy atom. The van der Waals surface area contributed by atoms with Crippen molar-refractivity contribution in [2.75, 3.05) is 0 Å². The second-order valence-corrected chi connectivity index (χ2v) is 4.22. The van der Waals surface area contributed by atoms with Crippen LogP contribution in [-0.4, -0.2) is 20.9 Å². The zero-order valence-electron chi connectivity index (χ0n) is 9.60. The Morgan fingerprint density at radius 3 is 3.00 bits per heavy atom. The van der Waals surface area contributed by atoms with Crippen LogP contribution in [-0.2, 0) is 13.1 Å². The molecule has 0 spiro atoms. The summed E-state index contributed by atoms with van der Waals surface area (Å²) in [5.41, 5.74) is 2.44. The molecule has 1 aromatic heterocycles. The molecule has 4 nitrogen and oxygen atoms in total. The molecule has 3 rings (SSSR count). The van der Waals surface area contributed by atoms with Crippen LogP contribution >= 0.6 is 0 Å². The smallest absolute Gasteiger partial charge is 0.129 e. The molecule has 1 aliphatic heterocycles. The number of aromatic nitrogens is 2. The SMILES string of the molecule is N=C1c2cc(F)ccc2CN1Cc1cccnn1. The topological polar surface area (TPSA) is 52.9 Å². The third-order valence-electron chi connectivity index (χ3n) is 2.98. The number of hydrogen-bond acceptors (Lipinski definition) is 3. The zero-order chi connectivity index (χ0) is 12.5. The number of halogens is 1. The van der Waals surface area contributed by atoms with Gasteiger partial charge in [0.1, 0.15) is 11.7 Å². The average Bonchev–Trinajstić information content (AvgIpc) is 2.68. The first-order chi connectivity index (χ1) is 8.74. The quantitative estimate of drug-likeness (QED) is 0.875. The van der Waals surface area contributed by atoms with E-state index in [1.54, 1.807) is 12.3 Å². The Kier molecular flexibility index (Phi) is 2.51. The largest absolute Gasteiger partial charge is 0.346 e. The van der Waals surface area contributed by atoms with E-state index < -0.39 is 0 Å². The van der Waals surface area contributed by atoms with Gasteiger partial charge in [0.25, 0.3) is 0 Å². The minimum Gasteiger partial charge on any atom is -0.346 e. The molecule has 1 aliphatic rings. The molecule has 1 aromatic carbocycles. The van der Waals surface area contributed by atoms with Crippen molar-refractivity contribution in [2.45, 2.75) is 13.1 Å². The molecule has 0 unspecified atom stereocenters. The number of rotatable bonds is 2. The Hall–Kier alpha value is -2.30. The summed E-state index contributed by atoms with van der Waals surface area (Å²) in [6.07, 6.45) is 1.61. The van der Waals surface area contributed by atoms with E-state index in [1.165, 1.54) is 12.1 Å². The van der Waals surface area contributed by atoms with Gasteiger partial charge >= 0.3 is 0 Å². The molecule has 2 heterocycles. The van der Waals surface area contributed by atoms with Gasteiger partial charge in [-0.15, -0.1) is 0 Å². The summed E-state index contributed by atoms with van der Waals surface area (Å²) in [5, 5.41) is 15.8. The van der Waals surface area contributed by atoms with Crippen molar-refractivity contribution >= 4 is 5.84 Å². The second-order valence-electron chi connectivity index (χ2n) is 4.22. The van der Waals surface area contributed by atoms with E-state index in [1.807, 2.05) is 17.0 Å². The van der Waals surface area contributed by atoms with Crippen LogP contribution in [0.1, 0.15) is 16.8 Å². The number of amidine groups is 1. The summed E-state index contributed by atoms with van der Waals surface area (Å²) in [6, 6.07) is 8.25. The fourth-order valence-corrected chi connectivity index (χ4v) is 2.11. The molecule has 0 bridgehead atoms. The molecular weight excluding hydrogens is 231 g/mol. The Bertz CT molecular complexity index is 597. The fraction of sp³-hybridized carbons (Fsp3) is 0.154. The lowest BCUT2D eigenvalue weighted by atomic mass is 10.1. The van der Waals surface area contributed by atoms with Crippen LogP contribution in [0.3, 0.4) is 0 Å². The van der Waals surface area contributed by atoms with Crippen LogP contribution in [0.25, 0.3) is 0 Å². The van der Waals surface area contributed by atoms with E-state index in [0.717, 1.165) is 11.3 Å². The molecule has 2 aromatic rings. The molecule has 0 atom stereocenters. The predicted molar refractivity (Wildman–Crippen MR) is 64.5 cm³/mol. The highest BCUT2D eigenvalue weighted by Gasteiger charge is 2.24. The number of nitrogens with one attached hydrogen (secondary N) is 1. The maximum Gasteiger partial charge on any atom is 0.129 e. The minimum atomic E-state index is -0.306. The minimum absolute atomic E-state index is 0.306. The molecule has 0 radical (unpaired) electrons. The maximum absolute atomic E-state index is 13.2. The first kappa shape index (κ1) is 10.8. The van der Waals surface area contributed by atoms with Crippen molar-refractivity contribution in [1.29, 1.82) is 5.41 Å². The maximum atomic E-state index is 13.2. The van der Waals surface area contributed by atoms with Crippen LogP contribution in [0.2, 0.25) is 0 Å². The van der Waals surface area contributed by atoms with E-state index >= 15 is 0 Å². The van der Waals surface area contributed by atoms with Gasteiger partial charge in [0.15, 0.2) is 0 Å². The highest BCUT2D eigenvalue weighted by Crippen LogP contribution is 2.24. The molecule has 0 amide bonds. The van der Waals surface area contributed by atoms with E-state index in [0.29, 0.717) is 24.5 Å². The van der Waals surface area contributed by atoms with Crippen LogP contribution in [0, 0.1) is 11.2 Å². The molecule has 18 heavy (non-hydrogen) atoms. The molecular formula is C13H11FN4. The third kappa shape index (κ3) is 1.84. The van der Waals surface area contributed by atoms with Crippen molar-refractivity contribution in [2.24, 2.45) is 0 Å². The van der Waals surface area contributed by atoms with Gasteiger partial charge in [0.05, 0.1) is 12.2 Å². The Morgan fingerprint density at radius 1 is 1.33 bits per heavy atom. The van der Waals surface area contributed by atoms with Gasteiger partial charge in [-0.2, -0.15) is 10.2 Å². The monoisotopic (exact) mass is 242 g/mol. The van der Waals surface area contributed by atoms with E-state index in [2.05, 4.69) is 10.2 Å². The Labute approximate surface area is 104 Å². The first-order valence-corrected chi connectivity index (χ1v) is 5.63. The van der Waals surface area contributed by atoms with Crippen LogP contribution in [0.15, 0.2) is 36.5 Å². The molecule has 0 fully saturated rings. The number of fused-ring (bicyclic) bond motifs is 1. The lowest BCUT2D eigenvalue weighted by Gasteiger charge is -2.16. The third-order valence-corrected chi connectivity index (χ3v) is 2.98. The van der Waals surface area contributed by atoms with Crippen molar-refractivity contribution in [3.05, 3.63) is 59.2 Å². The normalized spacial score (nSPS) is 13.8. The summed E-state index contributed by atoms with van der Waals surface area (Å²) >= 11 is 0. The number of benzene rings is 1. The van der Waals surface area contributed by atoms with Gasteiger partial charge < -0.3 is 4.90 Å². The molecule has 0 saturated heterocycles. The summed E-state index contributed by atoms with van der Waals surface area (Å²) in [5.74, 6) is 0.0370. The van der Waals surface area contributed by atoms with Gasteiger partial charge in [-0.1, -0.05) is 6.07 Å². The van der Waals surface area contributed by atoms with Gasteiger partial charge in [-0.25, -0.2) is 4.39 Å². The van der Waals surface area contributed by atoms with Crippen molar-refractivity contribution in [3.63, 3.8) is 0 Å². The lowest BCUT2D eigenvalue weighted by molar-refractivity contribution is 0.414. The van der Waals surface area contributed by atoms with Gasteiger partial charge in [-0.3, -0.25) is 5.41 Å². The lowest BCUT2D eigenvalue weighted by Crippen LogP contribution is -2.23. The zero-order valence-corrected chi connectivity index (χ0v) is 9.60. The summed E-state index contributed by atoms with van der Waals surface area (Å²) in [6.45, 7) is 1.13. The Balaban J connectivity index is 1.85. The summed E-state index contributed by atoms with van der Waals surface area (Å²) in [7, 11) is 0. The van der Waals surface area contributed by atoms with Gasteiger partial charge in [-0.05, 0) is 29.8 Å². The van der Waals surface area contributed by atoms with E-state index in [-0.39, 0.29) is 5.82 Å². The van der Waals surface area contributed by atoms with Crippen molar-refractivity contribution < 1.29 is 4.39 Å². The molecule has 0 saturated carbocycles. The molecule has 1 N–H and O–H groups in total. The molecule has 0 aliphatic carbocycles.